The Labute approximate surface area is 97.5 Å². The lowest BCUT2D eigenvalue weighted by molar-refractivity contribution is 0.474. The molecular formula is C11H11N3OS. The molecule has 2 aromatic rings. The molecule has 0 aromatic carbocycles. The van der Waals surface area contributed by atoms with Crippen LogP contribution in [0.15, 0.2) is 22.7 Å². The van der Waals surface area contributed by atoms with E-state index in [9.17, 15) is 0 Å². The number of nitrogens with zero attached hydrogens (tertiary/aromatic N) is 2. The summed E-state index contributed by atoms with van der Waals surface area (Å²) in [5.74, 6) is 1.13. The van der Waals surface area contributed by atoms with Crippen molar-refractivity contribution < 1.29 is 4.42 Å². The van der Waals surface area contributed by atoms with Gasteiger partial charge in [0.2, 0.25) is 5.76 Å². The van der Waals surface area contributed by atoms with Crippen LogP contribution in [0.1, 0.15) is 21.4 Å². The molecule has 0 spiro atoms. The number of thiazole rings is 1. The maximum atomic E-state index is 8.59. The molecule has 2 heterocycles. The third-order valence-electron chi connectivity index (χ3n) is 2.04. The van der Waals surface area contributed by atoms with Crippen LogP contribution in [0.4, 0.5) is 0 Å². The van der Waals surface area contributed by atoms with Crippen molar-refractivity contribution in [2.24, 2.45) is 0 Å². The van der Waals surface area contributed by atoms with E-state index in [0.717, 1.165) is 17.3 Å². The summed E-state index contributed by atoms with van der Waals surface area (Å²) in [7, 11) is 0. The molecule has 5 heteroatoms. The Morgan fingerprint density at radius 1 is 1.50 bits per heavy atom. The number of nitrogens with one attached hydrogen (secondary N) is 1. The van der Waals surface area contributed by atoms with E-state index in [1.807, 2.05) is 25.3 Å². The highest BCUT2D eigenvalue weighted by atomic mass is 32.1. The summed E-state index contributed by atoms with van der Waals surface area (Å²) in [6.07, 6.45) is 1.87. The maximum Gasteiger partial charge on any atom is 0.203 e. The monoisotopic (exact) mass is 233 g/mol. The lowest BCUT2D eigenvalue weighted by Crippen LogP contribution is -2.10. The summed E-state index contributed by atoms with van der Waals surface area (Å²) in [4.78, 5) is 5.37. The molecule has 1 N–H and O–H groups in total. The first-order valence-electron chi connectivity index (χ1n) is 4.89. The van der Waals surface area contributed by atoms with Crippen LogP contribution in [0.5, 0.6) is 0 Å². The van der Waals surface area contributed by atoms with Gasteiger partial charge in [-0.15, -0.1) is 11.3 Å². The van der Waals surface area contributed by atoms with Gasteiger partial charge in [0.15, 0.2) is 0 Å². The fourth-order valence-electron chi connectivity index (χ4n) is 1.33. The van der Waals surface area contributed by atoms with E-state index in [2.05, 4.69) is 10.3 Å². The highest BCUT2D eigenvalue weighted by Crippen LogP contribution is 2.11. The number of aromatic nitrogens is 1. The molecule has 0 aliphatic carbocycles. The molecule has 0 unspecified atom stereocenters. The van der Waals surface area contributed by atoms with Crippen molar-refractivity contribution >= 4 is 11.3 Å². The minimum absolute atomic E-state index is 0.352. The first-order chi connectivity index (χ1) is 7.78. The van der Waals surface area contributed by atoms with E-state index in [1.54, 1.807) is 17.4 Å². The second-order valence-electron chi connectivity index (χ2n) is 3.33. The molecule has 4 nitrogen and oxygen atoms in total. The number of rotatable bonds is 4. The Balaban J connectivity index is 1.82. The van der Waals surface area contributed by atoms with Crippen molar-refractivity contribution in [1.29, 1.82) is 5.26 Å². The van der Waals surface area contributed by atoms with Crippen LogP contribution in [0, 0.1) is 18.3 Å². The van der Waals surface area contributed by atoms with E-state index in [4.69, 9.17) is 9.68 Å². The van der Waals surface area contributed by atoms with Gasteiger partial charge >= 0.3 is 0 Å². The number of furan rings is 1. The van der Waals surface area contributed by atoms with Crippen LogP contribution in [0.3, 0.4) is 0 Å². The summed E-state index contributed by atoms with van der Waals surface area (Å²) in [6.45, 7) is 3.38. The van der Waals surface area contributed by atoms with Gasteiger partial charge in [-0.25, -0.2) is 4.98 Å². The zero-order valence-corrected chi connectivity index (χ0v) is 9.67. The highest BCUT2D eigenvalue weighted by molar-refractivity contribution is 7.11. The van der Waals surface area contributed by atoms with Gasteiger partial charge in [0, 0.05) is 17.6 Å². The fraction of sp³-hybridized carbons (Fsp3) is 0.273. The lowest BCUT2D eigenvalue weighted by Gasteiger charge is -1.98. The summed E-state index contributed by atoms with van der Waals surface area (Å²) in [5, 5.41) is 12.9. The minimum Gasteiger partial charge on any atom is -0.449 e. The number of aryl methyl sites for hydroxylation is 1. The number of hydrogen-bond acceptors (Lipinski definition) is 5. The van der Waals surface area contributed by atoms with Crippen LogP contribution in [0.25, 0.3) is 0 Å². The molecule has 0 saturated carbocycles. The molecule has 0 fully saturated rings. The van der Waals surface area contributed by atoms with E-state index in [1.165, 1.54) is 4.88 Å². The molecule has 0 aliphatic heterocycles. The average molecular weight is 233 g/mol. The predicted octanol–water partition coefficient (Wildman–Crippen LogP) is 2.21. The van der Waals surface area contributed by atoms with Gasteiger partial charge in [0.1, 0.15) is 11.8 Å². The minimum atomic E-state index is 0.352. The highest BCUT2D eigenvalue weighted by Gasteiger charge is 2.01. The smallest absolute Gasteiger partial charge is 0.203 e. The molecule has 16 heavy (non-hydrogen) atoms. The molecule has 0 atom stereocenters. The molecule has 2 aromatic heterocycles. The van der Waals surface area contributed by atoms with Gasteiger partial charge in [-0.05, 0) is 19.1 Å². The zero-order chi connectivity index (χ0) is 11.4. The first kappa shape index (κ1) is 10.9. The van der Waals surface area contributed by atoms with Crippen molar-refractivity contribution in [3.05, 3.63) is 39.7 Å². The Morgan fingerprint density at radius 3 is 3.00 bits per heavy atom. The molecule has 0 amide bonds. The molecular weight excluding hydrogens is 222 g/mol. The summed E-state index contributed by atoms with van der Waals surface area (Å²) in [6, 6.07) is 5.44. The van der Waals surface area contributed by atoms with E-state index < -0.39 is 0 Å². The zero-order valence-electron chi connectivity index (χ0n) is 8.86. The largest absolute Gasteiger partial charge is 0.449 e. The second kappa shape index (κ2) is 4.92. The molecule has 82 valence electrons. The number of nitriles is 1. The third kappa shape index (κ3) is 2.69. The van der Waals surface area contributed by atoms with Crippen molar-refractivity contribution in [2.45, 2.75) is 20.0 Å². The van der Waals surface area contributed by atoms with Crippen LogP contribution in [-0.2, 0) is 13.1 Å². The predicted molar refractivity (Wildman–Crippen MR) is 60.8 cm³/mol. The molecule has 0 saturated heterocycles. The summed E-state index contributed by atoms with van der Waals surface area (Å²) < 4.78 is 5.24. The van der Waals surface area contributed by atoms with Crippen LogP contribution in [0.2, 0.25) is 0 Å². The fourth-order valence-corrected chi connectivity index (χ4v) is 2.09. The van der Waals surface area contributed by atoms with Crippen molar-refractivity contribution in [3.63, 3.8) is 0 Å². The van der Waals surface area contributed by atoms with Crippen LogP contribution >= 0.6 is 11.3 Å². The van der Waals surface area contributed by atoms with Crippen molar-refractivity contribution in [1.82, 2.24) is 10.3 Å². The third-order valence-corrected chi connectivity index (χ3v) is 2.95. The SMILES string of the molecule is Cc1ncc(CNCc2ccc(C#N)o2)s1. The molecule has 0 radical (unpaired) electrons. The summed E-state index contributed by atoms with van der Waals surface area (Å²) >= 11 is 1.68. The molecule has 0 aliphatic rings. The molecule has 0 bridgehead atoms. The van der Waals surface area contributed by atoms with Gasteiger partial charge in [0.05, 0.1) is 11.6 Å². The van der Waals surface area contributed by atoms with Gasteiger partial charge in [-0.1, -0.05) is 0 Å². The van der Waals surface area contributed by atoms with Gasteiger partial charge in [-0.3, -0.25) is 0 Å². The topological polar surface area (TPSA) is 61.9 Å². The summed E-state index contributed by atoms with van der Waals surface area (Å²) in [5.41, 5.74) is 0. The van der Waals surface area contributed by atoms with E-state index in [-0.39, 0.29) is 0 Å². The van der Waals surface area contributed by atoms with Gasteiger partial charge in [0.25, 0.3) is 0 Å². The van der Waals surface area contributed by atoms with E-state index >= 15 is 0 Å². The average Bonchev–Trinajstić information content (AvgIpc) is 2.88. The Morgan fingerprint density at radius 2 is 2.38 bits per heavy atom. The van der Waals surface area contributed by atoms with Crippen molar-refractivity contribution in [3.8, 4) is 6.07 Å². The second-order valence-corrected chi connectivity index (χ2v) is 4.65. The lowest BCUT2D eigenvalue weighted by atomic mass is 10.4. The Bertz CT molecular complexity index is 509. The number of hydrogen-bond donors (Lipinski definition) is 1. The normalized spacial score (nSPS) is 10.2. The Kier molecular flexibility index (Phi) is 3.34. The quantitative estimate of drug-likeness (QED) is 0.879. The standard InChI is InChI=1S/C11H11N3OS/c1-8-14-7-11(16-8)6-13-5-10-3-2-9(4-12)15-10/h2-3,7,13H,5-6H2,1H3. The van der Waals surface area contributed by atoms with Crippen LogP contribution in [-0.4, -0.2) is 4.98 Å². The van der Waals surface area contributed by atoms with E-state index in [0.29, 0.717) is 12.3 Å². The first-order valence-corrected chi connectivity index (χ1v) is 5.70. The Hall–Kier alpha value is -1.64. The van der Waals surface area contributed by atoms with Crippen LogP contribution < -0.4 is 5.32 Å². The van der Waals surface area contributed by atoms with Gasteiger partial charge in [-0.2, -0.15) is 5.26 Å². The van der Waals surface area contributed by atoms with Gasteiger partial charge < -0.3 is 9.73 Å². The maximum absolute atomic E-state index is 8.59. The molecule has 2 rings (SSSR count). The van der Waals surface area contributed by atoms with Crippen molar-refractivity contribution in [2.75, 3.05) is 0 Å².